The van der Waals surface area contributed by atoms with Gasteiger partial charge in [0.05, 0.1) is 20.4 Å². The molecule has 0 spiro atoms. The van der Waals surface area contributed by atoms with Crippen molar-refractivity contribution in [1.82, 2.24) is 4.90 Å². The molecule has 168 valence electrons. The van der Waals surface area contributed by atoms with Crippen LogP contribution in [0.25, 0.3) is 6.08 Å². The average molecular weight is 656 g/mol. The molecule has 3 aromatic rings. The van der Waals surface area contributed by atoms with E-state index in [4.69, 9.17) is 4.74 Å². The third-order valence-electron chi connectivity index (χ3n) is 4.75. The second-order valence-electron chi connectivity index (χ2n) is 7.09. The smallest absolute Gasteiger partial charge is 0.293 e. The van der Waals surface area contributed by atoms with Gasteiger partial charge in [-0.1, -0.05) is 46.3 Å². The summed E-state index contributed by atoms with van der Waals surface area (Å²) in [5, 5.41) is -0.311. The molecule has 4 rings (SSSR count). The number of hydrogen-bond acceptors (Lipinski definition) is 4. The second kappa shape index (κ2) is 10.5. The molecule has 1 aliphatic rings. The van der Waals surface area contributed by atoms with Gasteiger partial charge >= 0.3 is 0 Å². The molecule has 9 heteroatoms. The molecular formula is C24H15Br3FNO3S. The van der Waals surface area contributed by atoms with Crippen molar-refractivity contribution in [2.45, 2.75) is 13.2 Å². The molecule has 1 saturated heterocycles. The maximum Gasteiger partial charge on any atom is 0.293 e. The lowest BCUT2D eigenvalue weighted by atomic mass is 10.2. The Balaban J connectivity index is 1.51. The fourth-order valence-electron chi connectivity index (χ4n) is 3.17. The van der Waals surface area contributed by atoms with Gasteiger partial charge in [-0.25, -0.2) is 4.39 Å². The number of carbonyl (C=O) groups is 2. The van der Waals surface area contributed by atoms with E-state index in [9.17, 15) is 14.0 Å². The van der Waals surface area contributed by atoms with Gasteiger partial charge < -0.3 is 4.74 Å². The fraction of sp³-hybridized carbons (Fsp3) is 0.0833. The highest BCUT2D eigenvalue weighted by atomic mass is 79.9. The van der Waals surface area contributed by atoms with Crippen LogP contribution in [0.3, 0.4) is 0 Å². The summed E-state index contributed by atoms with van der Waals surface area (Å²) in [6.45, 7) is 0.273. The van der Waals surface area contributed by atoms with E-state index < -0.39 is 0 Å². The Kier molecular flexibility index (Phi) is 7.73. The maximum absolute atomic E-state index is 13.9. The Bertz CT molecular complexity index is 1260. The van der Waals surface area contributed by atoms with Crippen molar-refractivity contribution in [3.05, 3.63) is 101 Å². The van der Waals surface area contributed by atoms with Gasteiger partial charge in [-0.2, -0.15) is 0 Å². The highest BCUT2D eigenvalue weighted by Crippen LogP contribution is 2.38. The van der Waals surface area contributed by atoms with E-state index in [1.165, 1.54) is 11.0 Å². The van der Waals surface area contributed by atoms with Crippen LogP contribution in [-0.4, -0.2) is 16.0 Å². The number of amides is 2. The molecule has 0 saturated carbocycles. The summed E-state index contributed by atoms with van der Waals surface area (Å²) in [5.41, 5.74) is 2.01. The molecule has 0 atom stereocenters. The normalized spacial score (nSPS) is 14.9. The van der Waals surface area contributed by atoms with Crippen LogP contribution in [-0.2, 0) is 17.9 Å². The molecular weight excluding hydrogens is 641 g/mol. The molecule has 0 bridgehead atoms. The van der Waals surface area contributed by atoms with E-state index in [0.29, 0.717) is 30.7 Å². The number of benzene rings is 3. The summed E-state index contributed by atoms with van der Waals surface area (Å²) in [6.07, 6.45) is 1.67. The zero-order chi connectivity index (χ0) is 23.5. The predicted octanol–water partition coefficient (Wildman–Crippen LogP) is 7.93. The molecule has 4 nitrogen and oxygen atoms in total. The predicted molar refractivity (Wildman–Crippen MR) is 138 cm³/mol. The minimum Gasteiger partial charge on any atom is -0.486 e. The second-order valence-corrected chi connectivity index (χ2v) is 10.7. The van der Waals surface area contributed by atoms with E-state index in [-0.39, 0.29) is 30.1 Å². The Morgan fingerprint density at radius 3 is 2.39 bits per heavy atom. The zero-order valence-corrected chi connectivity index (χ0v) is 22.4. The van der Waals surface area contributed by atoms with Crippen LogP contribution in [0.15, 0.2) is 79.0 Å². The van der Waals surface area contributed by atoms with Crippen LogP contribution in [0.4, 0.5) is 9.18 Å². The van der Waals surface area contributed by atoms with E-state index in [1.807, 2.05) is 24.3 Å². The zero-order valence-electron chi connectivity index (χ0n) is 16.9. The molecule has 0 radical (unpaired) electrons. The van der Waals surface area contributed by atoms with Crippen LogP contribution in [0.1, 0.15) is 16.7 Å². The van der Waals surface area contributed by atoms with Crippen molar-refractivity contribution in [2.75, 3.05) is 0 Å². The Labute approximate surface area is 219 Å². The Hall–Kier alpha value is -1.94. The quantitative estimate of drug-likeness (QED) is 0.253. The van der Waals surface area contributed by atoms with Crippen molar-refractivity contribution in [1.29, 1.82) is 0 Å². The molecule has 2 amide bonds. The fourth-order valence-corrected chi connectivity index (χ4v) is 5.91. The lowest BCUT2D eigenvalue weighted by Gasteiger charge is -2.13. The maximum atomic E-state index is 13.9. The summed E-state index contributed by atoms with van der Waals surface area (Å²) in [7, 11) is 0. The highest BCUT2D eigenvalue weighted by molar-refractivity contribution is 9.11. The number of thioether (sulfide) groups is 1. The molecule has 33 heavy (non-hydrogen) atoms. The van der Waals surface area contributed by atoms with Crippen molar-refractivity contribution in [3.63, 3.8) is 0 Å². The van der Waals surface area contributed by atoms with Gasteiger partial charge in [0.1, 0.15) is 18.2 Å². The number of imide groups is 1. The van der Waals surface area contributed by atoms with Gasteiger partial charge in [-0.3, -0.25) is 14.5 Å². The summed E-state index contributed by atoms with van der Waals surface area (Å²) in [6, 6.07) is 17.5. The first-order valence-corrected chi connectivity index (χ1v) is 12.9. The molecule has 0 aliphatic carbocycles. The number of ether oxygens (including phenoxy) is 1. The van der Waals surface area contributed by atoms with Crippen LogP contribution in [0.5, 0.6) is 5.75 Å². The standard InChI is InChI=1S/C24H15Br3FNO3S/c25-17-6-3-4-14(8-17)12-29-23(30)21(33-24(29)31)11-15-9-18(26)22(19(27)10-15)32-13-16-5-1-2-7-20(16)28/h1-11H,12-13H2/b21-11+. The third-order valence-corrected chi connectivity index (χ3v) is 7.33. The summed E-state index contributed by atoms with van der Waals surface area (Å²) >= 11 is 11.3. The first-order chi connectivity index (χ1) is 15.8. The van der Waals surface area contributed by atoms with Gasteiger partial charge in [-0.15, -0.1) is 0 Å². The summed E-state index contributed by atoms with van der Waals surface area (Å²) in [4.78, 5) is 26.9. The monoisotopic (exact) mass is 653 g/mol. The van der Waals surface area contributed by atoms with Gasteiger partial charge in [0.2, 0.25) is 0 Å². The Morgan fingerprint density at radius 1 is 0.970 bits per heavy atom. The number of halogens is 4. The minimum atomic E-state index is -0.336. The van der Waals surface area contributed by atoms with E-state index in [0.717, 1.165) is 21.8 Å². The first kappa shape index (κ1) is 24.2. The van der Waals surface area contributed by atoms with Crippen LogP contribution >= 0.6 is 59.6 Å². The largest absolute Gasteiger partial charge is 0.486 e. The molecule has 0 unspecified atom stereocenters. The first-order valence-electron chi connectivity index (χ1n) is 9.67. The molecule has 1 heterocycles. The Morgan fingerprint density at radius 2 is 1.70 bits per heavy atom. The van der Waals surface area contributed by atoms with Crippen molar-refractivity contribution >= 4 is 76.8 Å². The van der Waals surface area contributed by atoms with Crippen molar-refractivity contribution in [2.24, 2.45) is 0 Å². The summed E-state index contributed by atoms with van der Waals surface area (Å²) in [5.74, 6) is -0.157. The minimum absolute atomic E-state index is 0.0672. The van der Waals surface area contributed by atoms with Crippen LogP contribution in [0.2, 0.25) is 0 Å². The summed E-state index contributed by atoms with van der Waals surface area (Å²) < 4.78 is 21.8. The molecule has 1 aliphatic heterocycles. The number of rotatable bonds is 6. The van der Waals surface area contributed by atoms with Gasteiger partial charge in [0.15, 0.2) is 0 Å². The number of nitrogens with zero attached hydrogens (tertiary/aromatic N) is 1. The van der Waals surface area contributed by atoms with Crippen molar-refractivity contribution in [3.8, 4) is 5.75 Å². The van der Waals surface area contributed by atoms with Gasteiger partial charge in [-0.05, 0) is 91.2 Å². The lowest BCUT2D eigenvalue weighted by molar-refractivity contribution is -0.123. The third kappa shape index (κ3) is 5.77. The van der Waals surface area contributed by atoms with Crippen molar-refractivity contribution < 1.29 is 18.7 Å². The number of hydrogen-bond donors (Lipinski definition) is 0. The van der Waals surface area contributed by atoms with Crippen LogP contribution in [0, 0.1) is 5.82 Å². The van der Waals surface area contributed by atoms with E-state index >= 15 is 0 Å². The van der Waals surface area contributed by atoms with Gasteiger partial charge in [0, 0.05) is 10.0 Å². The lowest BCUT2D eigenvalue weighted by Crippen LogP contribution is -2.27. The molecule has 0 N–H and O–H groups in total. The van der Waals surface area contributed by atoms with Crippen LogP contribution < -0.4 is 4.74 Å². The van der Waals surface area contributed by atoms with E-state index in [2.05, 4.69) is 47.8 Å². The van der Waals surface area contributed by atoms with E-state index in [1.54, 1.807) is 36.4 Å². The molecule has 1 fully saturated rings. The topological polar surface area (TPSA) is 46.6 Å². The molecule has 3 aromatic carbocycles. The van der Waals surface area contributed by atoms with Gasteiger partial charge in [0.25, 0.3) is 11.1 Å². The highest BCUT2D eigenvalue weighted by Gasteiger charge is 2.35. The average Bonchev–Trinajstić information content (AvgIpc) is 3.02. The SMILES string of the molecule is O=C1S/C(=C/c2cc(Br)c(OCc3ccccc3F)c(Br)c2)C(=O)N1Cc1cccc(Br)c1. The number of carbonyl (C=O) groups excluding carboxylic acids is 2. The molecule has 0 aromatic heterocycles.